The molecule has 0 aliphatic heterocycles. The number of methoxy groups -OCH3 is 1. The molecule has 8 nitrogen and oxygen atoms in total. The highest BCUT2D eigenvalue weighted by Crippen LogP contribution is 2.33. The lowest BCUT2D eigenvalue weighted by atomic mass is 9.92. The number of pyridine rings is 1. The summed E-state index contributed by atoms with van der Waals surface area (Å²) in [5.74, 6) is 1.06. The van der Waals surface area contributed by atoms with E-state index in [1.54, 1.807) is 19.3 Å². The van der Waals surface area contributed by atoms with Gasteiger partial charge in [0.1, 0.15) is 6.61 Å². The Morgan fingerprint density at radius 1 is 0.929 bits per heavy atom. The van der Waals surface area contributed by atoms with Gasteiger partial charge in [-0.2, -0.15) is 0 Å². The van der Waals surface area contributed by atoms with Gasteiger partial charge in [-0.15, -0.1) is 0 Å². The number of hydrogen-bond acceptors (Lipinski definition) is 7. The first-order valence-corrected chi connectivity index (χ1v) is 14.6. The van der Waals surface area contributed by atoms with Crippen LogP contribution in [0.2, 0.25) is 0 Å². The van der Waals surface area contributed by atoms with Gasteiger partial charge < -0.3 is 20.1 Å². The Labute approximate surface area is 247 Å². The summed E-state index contributed by atoms with van der Waals surface area (Å²) in [5, 5.41) is 7.81. The van der Waals surface area contributed by atoms with Gasteiger partial charge in [-0.1, -0.05) is 24.3 Å². The number of fused-ring (bicyclic) bond motifs is 2. The van der Waals surface area contributed by atoms with Crippen molar-refractivity contribution >= 4 is 28.6 Å². The number of benzene rings is 2. The maximum absolute atomic E-state index is 12.5. The molecule has 1 amide bonds. The predicted octanol–water partition coefficient (Wildman–Crippen LogP) is 6.05. The SMILES string of the molecule is COc1cc(/C=C/C(=O)NCCCNc2c3c(nc4ccccc24)CCCC3)ccc1OCc1nc(C)c(C)nc1C. The number of para-hydroxylation sites is 1. The predicted molar refractivity (Wildman–Crippen MR) is 167 cm³/mol. The van der Waals surface area contributed by atoms with E-state index in [1.807, 2.05) is 45.0 Å². The standard InChI is InChI=1S/C34H39N5O3/c1-22-23(2)38-30(24(3)37-22)21-42-31-16-14-25(20-32(31)41-4)15-17-33(40)35-18-9-19-36-34-26-10-5-7-12-28(26)39-29-13-8-6-11-27(29)34/h5,7,10,12,14-17,20H,6,8-9,11,13,18-19,21H2,1-4H3,(H,35,40)(H,36,39)/b17-15+. The Hall–Kier alpha value is -4.46. The number of nitrogens with one attached hydrogen (secondary N) is 2. The largest absolute Gasteiger partial charge is 0.493 e. The molecule has 5 rings (SSSR count). The van der Waals surface area contributed by atoms with E-state index in [2.05, 4.69) is 38.8 Å². The number of hydrogen-bond donors (Lipinski definition) is 2. The van der Waals surface area contributed by atoms with E-state index in [1.165, 1.54) is 35.2 Å². The molecule has 0 bridgehead atoms. The van der Waals surface area contributed by atoms with Crippen LogP contribution in [0.1, 0.15) is 58.9 Å². The van der Waals surface area contributed by atoms with Gasteiger partial charge in [0, 0.05) is 35.9 Å². The molecule has 0 spiro atoms. The molecule has 218 valence electrons. The minimum absolute atomic E-state index is 0.134. The van der Waals surface area contributed by atoms with E-state index in [9.17, 15) is 4.79 Å². The summed E-state index contributed by atoms with van der Waals surface area (Å²) in [6.07, 6.45) is 8.64. The molecule has 0 fully saturated rings. The van der Waals surface area contributed by atoms with E-state index in [0.717, 1.165) is 59.7 Å². The number of carbonyl (C=O) groups excluding carboxylic acids is 1. The van der Waals surface area contributed by atoms with Gasteiger partial charge in [0.25, 0.3) is 0 Å². The summed E-state index contributed by atoms with van der Waals surface area (Å²) in [7, 11) is 1.60. The molecule has 42 heavy (non-hydrogen) atoms. The number of aryl methyl sites for hydroxylation is 4. The van der Waals surface area contributed by atoms with Crippen LogP contribution >= 0.6 is 0 Å². The van der Waals surface area contributed by atoms with Crippen LogP contribution in [0.15, 0.2) is 48.5 Å². The topological polar surface area (TPSA) is 98.3 Å². The fraction of sp³-hybridized carbons (Fsp3) is 0.353. The summed E-state index contributed by atoms with van der Waals surface area (Å²) in [6, 6.07) is 13.9. The Kier molecular flexibility index (Phi) is 9.31. The fourth-order valence-electron chi connectivity index (χ4n) is 5.27. The smallest absolute Gasteiger partial charge is 0.244 e. The van der Waals surface area contributed by atoms with Crippen molar-refractivity contribution in [2.45, 2.75) is 59.5 Å². The molecule has 2 aromatic heterocycles. The van der Waals surface area contributed by atoms with E-state index in [-0.39, 0.29) is 5.91 Å². The molecule has 0 atom stereocenters. The van der Waals surface area contributed by atoms with Crippen LogP contribution in [0.3, 0.4) is 0 Å². The average Bonchev–Trinajstić information content (AvgIpc) is 3.00. The van der Waals surface area contributed by atoms with Crippen molar-refractivity contribution in [2.75, 3.05) is 25.5 Å². The second-order valence-electron chi connectivity index (χ2n) is 10.7. The highest BCUT2D eigenvalue weighted by molar-refractivity contribution is 5.93. The molecule has 0 saturated heterocycles. The van der Waals surface area contributed by atoms with Gasteiger partial charge in [-0.25, -0.2) is 0 Å². The minimum atomic E-state index is -0.134. The van der Waals surface area contributed by atoms with Crippen molar-refractivity contribution < 1.29 is 14.3 Å². The maximum Gasteiger partial charge on any atom is 0.244 e. The van der Waals surface area contributed by atoms with Crippen molar-refractivity contribution in [1.29, 1.82) is 0 Å². The molecule has 2 heterocycles. The molecule has 0 radical (unpaired) electrons. The normalized spacial score (nSPS) is 12.8. The third kappa shape index (κ3) is 6.87. The minimum Gasteiger partial charge on any atom is -0.493 e. The number of aromatic nitrogens is 3. The molecule has 1 aliphatic carbocycles. The molecule has 1 aliphatic rings. The van der Waals surface area contributed by atoms with Crippen molar-refractivity contribution in [3.63, 3.8) is 0 Å². The van der Waals surface area contributed by atoms with Crippen molar-refractivity contribution in [1.82, 2.24) is 20.3 Å². The average molecular weight is 566 g/mol. The molecule has 0 saturated carbocycles. The first-order valence-electron chi connectivity index (χ1n) is 14.6. The van der Waals surface area contributed by atoms with Crippen LogP contribution in [0.5, 0.6) is 11.5 Å². The van der Waals surface area contributed by atoms with Crippen LogP contribution in [-0.4, -0.2) is 41.1 Å². The van der Waals surface area contributed by atoms with Crippen molar-refractivity contribution in [2.24, 2.45) is 0 Å². The fourth-order valence-corrected chi connectivity index (χ4v) is 5.27. The highest BCUT2D eigenvalue weighted by Gasteiger charge is 2.17. The number of rotatable bonds is 11. The molecule has 2 aromatic carbocycles. The zero-order chi connectivity index (χ0) is 29.5. The van der Waals surface area contributed by atoms with Gasteiger partial charge in [0.15, 0.2) is 11.5 Å². The van der Waals surface area contributed by atoms with E-state index < -0.39 is 0 Å². The van der Waals surface area contributed by atoms with Crippen LogP contribution in [0.4, 0.5) is 5.69 Å². The number of carbonyl (C=O) groups is 1. The zero-order valence-electron chi connectivity index (χ0n) is 24.9. The van der Waals surface area contributed by atoms with Gasteiger partial charge >= 0.3 is 0 Å². The Bertz CT molecular complexity index is 1620. The molecule has 2 N–H and O–H groups in total. The first kappa shape index (κ1) is 29.0. The summed E-state index contributed by atoms with van der Waals surface area (Å²) < 4.78 is 11.5. The Morgan fingerprint density at radius 3 is 2.60 bits per heavy atom. The summed E-state index contributed by atoms with van der Waals surface area (Å²) in [6.45, 7) is 7.47. The summed E-state index contributed by atoms with van der Waals surface area (Å²) >= 11 is 0. The molecule has 4 aromatic rings. The third-order valence-corrected chi connectivity index (χ3v) is 7.68. The van der Waals surface area contributed by atoms with Crippen LogP contribution in [0.25, 0.3) is 17.0 Å². The van der Waals surface area contributed by atoms with Gasteiger partial charge in [-0.05, 0) is 88.3 Å². The second kappa shape index (κ2) is 13.5. The van der Waals surface area contributed by atoms with E-state index in [0.29, 0.717) is 24.7 Å². The third-order valence-electron chi connectivity index (χ3n) is 7.68. The Balaban J connectivity index is 1.12. The van der Waals surface area contributed by atoms with E-state index in [4.69, 9.17) is 14.5 Å². The van der Waals surface area contributed by atoms with Gasteiger partial charge in [-0.3, -0.25) is 19.7 Å². The summed E-state index contributed by atoms with van der Waals surface area (Å²) in [4.78, 5) is 26.5. The zero-order valence-corrected chi connectivity index (χ0v) is 24.9. The summed E-state index contributed by atoms with van der Waals surface area (Å²) in [5.41, 5.74) is 9.13. The molecule has 8 heteroatoms. The van der Waals surface area contributed by atoms with Crippen LogP contribution < -0.4 is 20.1 Å². The lowest BCUT2D eigenvalue weighted by Gasteiger charge is -2.21. The molecular weight excluding hydrogens is 526 g/mol. The highest BCUT2D eigenvalue weighted by atomic mass is 16.5. The van der Waals surface area contributed by atoms with E-state index >= 15 is 0 Å². The first-order chi connectivity index (χ1) is 20.4. The monoisotopic (exact) mass is 565 g/mol. The quantitative estimate of drug-likeness (QED) is 0.169. The van der Waals surface area contributed by atoms with Gasteiger partial charge in [0.2, 0.25) is 5.91 Å². The lowest BCUT2D eigenvalue weighted by Crippen LogP contribution is -2.24. The van der Waals surface area contributed by atoms with Crippen LogP contribution in [0, 0.1) is 20.8 Å². The number of ether oxygens (including phenoxy) is 2. The molecule has 0 unspecified atom stereocenters. The van der Waals surface area contributed by atoms with Gasteiger partial charge in [0.05, 0.1) is 35.4 Å². The maximum atomic E-state index is 12.5. The number of anilines is 1. The second-order valence-corrected chi connectivity index (χ2v) is 10.7. The molecular formula is C34H39N5O3. The lowest BCUT2D eigenvalue weighted by molar-refractivity contribution is -0.116. The van der Waals surface area contributed by atoms with Crippen molar-refractivity contribution in [3.8, 4) is 11.5 Å². The number of nitrogens with zero attached hydrogens (tertiary/aromatic N) is 3. The Morgan fingerprint density at radius 2 is 1.74 bits per heavy atom. The van der Waals surface area contributed by atoms with Crippen LogP contribution in [-0.2, 0) is 24.2 Å². The van der Waals surface area contributed by atoms with Crippen molar-refractivity contribution in [3.05, 3.63) is 88.1 Å². The number of amides is 1.